The molecule has 0 saturated carbocycles. The minimum atomic E-state index is -2.07. The first-order chi connectivity index (χ1) is 47.1. The number of amides is 5. The van der Waals surface area contributed by atoms with E-state index in [4.69, 9.17) is 56.8 Å². The predicted octanol–water partition coefficient (Wildman–Crippen LogP) is -7.29. The van der Waals surface area contributed by atoms with Gasteiger partial charge in [0.15, 0.2) is 37.7 Å². The number of hydrogen-bond donors (Lipinski definition) is 19. The first-order valence-corrected chi connectivity index (χ1v) is 33.0. The van der Waals surface area contributed by atoms with E-state index in [0.29, 0.717) is 18.6 Å². The van der Waals surface area contributed by atoms with Crippen molar-refractivity contribution in [1.29, 1.82) is 0 Å². The Morgan fingerprint density at radius 2 is 1.02 bits per heavy atom. The van der Waals surface area contributed by atoms with Gasteiger partial charge >= 0.3 is 0 Å². The van der Waals surface area contributed by atoms with Crippen LogP contribution in [0, 0.1) is 11.8 Å². The van der Waals surface area contributed by atoms with Crippen LogP contribution in [0.3, 0.4) is 0 Å². The minimum absolute atomic E-state index is 0.0318. The molecule has 5 aliphatic heterocycles. The van der Waals surface area contributed by atoms with Crippen LogP contribution >= 0.6 is 0 Å². The topological polar surface area (TPSA) is 539 Å². The van der Waals surface area contributed by atoms with Gasteiger partial charge < -0.3 is 155 Å². The van der Waals surface area contributed by atoms with Gasteiger partial charge in [-0.25, -0.2) is 0 Å². The molecular weight excluding hydrogens is 1320 g/mol. The molecule has 6 rings (SSSR count). The van der Waals surface area contributed by atoms with Gasteiger partial charge in [-0.3, -0.25) is 24.0 Å². The van der Waals surface area contributed by atoms with Gasteiger partial charge in [0.1, 0.15) is 134 Å². The average Bonchev–Trinajstić information content (AvgIpc) is 0.933. The van der Waals surface area contributed by atoms with Crippen molar-refractivity contribution in [3.8, 4) is 17.6 Å². The lowest BCUT2D eigenvalue weighted by atomic mass is 9.93. The van der Waals surface area contributed by atoms with Gasteiger partial charge in [0.2, 0.25) is 23.6 Å². The second-order valence-corrected chi connectivity index (χ2v) is 24.9. The third kappa shape index (κ3) is 22.7. The van der Waals surface area contributed by atoms with Gasteiger partial charge in [-0.15, -0.1) is 11.8 Å². The van der Waals surface area contributed by atoms with E-state index in [-0.39, 0.29) is 12.2 Å². The van der Waals surface area contributed by atoms with Gasteiger partial charge in [0, 0.05) is 46.1 Å². The molecular formula is C63H101N5O31. The number of benzene rings is 1. The van der Waals surface area contributed by atoms with Crippen molar-refractivity contribution in [2.45, 2.75) is 271 Å². The lowest BCUT2D eigenvalue weighted by molar-refractivity contribution is -0.365. The Kier molecular flexibility index (Phi) is 33.6. The molecule has 0 aromatic heterocycles. The largest absolute Gasteiger partial charge is 0.494 e. The maximum atomic E-state index is 13.9. The average molecular weight is 1420 g/mol. The summed E-state index contributed by atoms with van der Waals surface area (Å²) in [6.45, 7) is 3.62. The van der Waals surface area contributed by atoms with E-state index in [2.05, 4.69) is 45.3 Å². The summed E-state index contributed by atoms with van der Waals surface area (Å²) in [6.07, 6.45) is -36.4. The van der Waals surface area contributed by atoms with Crippen LogP contribution in [0.5, 0.6) is 5.75 Å². The molecule has 99 heavy (non-hydrogen) atoms. The molecule has 36 nitrogen and oxygen atoms in total. The number of carbonyl (C=O) groups excluding carboxylic acids is 5. The number of aliphatic hydroxyl groups excluding tert-OH is 14. The van der Waals surface area contributed by atoms with Crippen LogP contribution in [0.1, 0.15) is 104 Å². The summed E-state index contributed by atoms with van der Waals surface area (Å²) >= 11 is 0. The van der Waals surface area contributed by atoms with Crippen molar-refractivity contribution in [3.63, 3.8) is 0 Å². The highest BCUT2D eigenvalue weighted by Crippen LogP contribution is 2.36. The molecule has 0 aliphatic carbocycles. The second-order valence-electron chi connectivity index (χ2n) is 24.9. The van der Waals surface area contributed by atoms with E-state index in [1.165, 1.54) is 26.0 Å². The highest BCUT2D eigenvalue weighted by Gasteiger charge is 2.57. The van der Waals surface area contributed by atoms with E-state index >= 15 is 0 Å². The van der Waals surface area contributed by atoms with Gasteiger partial charge in [0.25, 0.3) is 5.91 Å². The molecule has 5 aliphatic rings. The molecule has 5 heterocycles. The summed E-state index contributed by atoms with van der Waals surface area (Å²) in [7, 11) is 0. The van der Waals surface area contributed by atoms with E-state index in [1.54, 1.807) is 12.1 Å². The Bertz CT molecular complexity index is 2740. The normalized spacial score (nSPS) is 36.0. The van der Waals surface area contributed by atoms with E-state index in [0.717, 1.165) is 59.8 Å². The Labute approximate surface area is 571 Å². The molecule has 0 radical (unpaired) electrons. The van der Waals surface area contributed by atoms with Gasteiger partial charge in [-0.05, 0) is 44.9 Å². The summed E-state index contributed by atoms with van der Waals surface area (Å²) in [5, 5.41) is 168. The summed E-state index contributed by atoms with van der Waals surface area (Å²) in [5.74, 6) is 2.72. The molecule has 5 saturated heterocycles. The second kappa shape index (κ2) is 40.1. The van der Waals surface area contributed by atoms with Gasteiger partial charge in [0.05, 0.1) is 58.4 Å². The van der Waals surface area contributed by atoms with Crippen molar-refractivity contribution in [2.75, 3.05) is 46.2 Å². The first-order valence-electron chi connectivity index (χ1n) is 33.0. The molecule has 1 aromatic carbocycles. The van der Waals surface area contributed by atoms with Crippen molar-refractivity contribution >= 4 is 29.5 Å². The molecule has 0 bridgehead atoms. The van der Waals surface area contributed by atoms with Crippen molar-refractivity contribution in [3.05, 3.63) is 29.8 Å². The van der Waals surface area contributed by atoms with Crippen LogP contribution in [0.15, 0.2) is 24.3 Å². The molecule has 36 heteroatoms. The quantitative estimate of drug-likeness (QED) is 0.0173. The number of nitrogens with one attached hydrogen (secondary N) is 5. The van der Waals surface area contributed by atoms with Crippen LogP contribution in [-0.4, -0.2) is 325 Å². The number of aliphatic hydroxyl groups is 14. The van der Waals surface area contributed by atoms with Crippen LogP contribution in [0.2, 0.25) is 0 Å². The van der Waals surface area contributed by atoms with Gasteiger partial charge in [-0.1, -0.05) is 32.3 Å². The molecule has 19 N–H and O–H groups in total. The van der Waals surface area contributed by atoms with Crippen LogP contribution in [-0.2, 0) is 71.3 Å². The Morgan fingerprint density at radius 1 is 0.535 bits per heavy atom. The zero-order valence-corrected chi connectivity index (χ0v) is 56.2. The van der Waals surface area contributed by atoms with Crippen LogP contribution in [0.25, 0.3) is 0 Å². The third-order valence-corrected chi connectivity index (χ3v) is 17.1. The zero-order chi connectivity index (χ0) is 72.9. The standard InChI is InChI=1S/C63H101N5O31/c1-8-9-10-11-12-13-14-15-16-20-88-35-19-17-18-34(21-35)57(86)68-42-48(80)47(79)37(23-70)93-60(42)97-55-39(25-72)95-62(44(50(55)82)66-32(6)76)99-56-40(26-73)96-61(45(51(56)83)67-33(7)77)98-54-38(24-71)94-59(43(49(54)81)65-31(5)75)92-36(22-69)41(91-58(87)28(2)64-30(4)74)27-89-63-53(85)52(84)46(78)29(3)90-63/h17-19,21,28-29,36-56,58-63,69-73,78-85,87H,8-12,15-16,20,22-27H2,1-7H3,(H,64,74)(H,65,75)(H,66,76)(H,67,77)(H,68,86)/t28-,29?,36?,37?,38-,39-,40?,41?,42-,43?,44?,45-,46?,47+,48?,49?,50?,51+,52-,53+,54+,55+,56?,58?,59?,60?,61-,62-,63+/m0/s1. The fourth-order valence-corrected chi connectivity index (χ4v) is 11.8. The fourth-order valence-electron chi connectivity index (χ4n) is 11.8. The number of carbonyl (C=O) groups is 5. The predicted molar refractivity (Wildman–Crippen MR) is 334 cm³/mol. The molecule has 15 unspecified atom stereocenters. The summed E-state index contributed by atoms with van der Waals surface area (Å²) in [6, 6.07) is -2.07. The first kappa shape index (κ1) is 82.9. The summed E-state index contributed by atoms with van der Waals surface area (Å²) in [4.78, 5) is 64.6. The van der Waals surface area contributed by atoms with Crippen LogP contribution < -0.4 is 31.3 Å². The zero-order valence-electron chi connectivity index (χ0n) is 56.2. The third-order valence-electron chi connectivity index (χ3n) is 17.1. The lowest BCUT2D eigenvalue weighted by Gasteiger charge is -2.51. The smallest absolute Gasteiger partial charge is 0.251 e. The monoisotopic (exact) mass is 1420 g/mol. The Hall–Kier alpha value is -5.07. The Morgan fingerprint density at radius 3 is 1.51 bits per heavy atom. The van der Waals surface area contributed by atoms with E-state index in [9.17, 15) is 95.5 Å². The molecule has 0 spiro atoms. The van der Waals surface area contributed by atoms with E-state index in [1.807, 2.05) is 0 Å². The van der Waals surface area contributed by atoms with E-state index < -0.39 is 247 Å². The number of unbranched alkanes of at least 4 members (excludes halogenated alkanes) is 5. The summed E-state index contributed by atoms with van der Waals surface area (Å²) < 4.78 is 71.9. The summed E-state index contributed by atoms with van der Waals surface area (Å²) in [5.41, 5.74) is 0.0318. The number of hydrogen-bond acceptors (Lipinski definition) is 31. The molecule has 564 valence electrons. The molecule has 5 amide bonds. The van der Waals surface area contributed by atoms with Crippen molar-refractivity contribution in [1.82, 2.24) is 26.6 Å². The van der Waals surface area contributed by atoms with Crippen LogP contribution in [0.4, 0.5) is 0 Å². The molecule has 5 fully saturated rings. The molecule has 1 aromatic rings. The minimum Gasteiger partial charge on any atom is -0.494 e. The number of ether oxygens (including phenoxy) is 12. The van der Waals surface area contributed by atoms with Crippen molar-refractivity contribution in [2.24, 2.45) is 0 Å². The lowest BCUT2D eigenvalue weighted by Crippen LogP contribution is -2.72. The molecule has 29 atom stereocenters. The maximum absolute atomic E-state index is 13.9. The SMILES string of the molecule is CCCCCCC#CCCCOc1cccc(C(=O)N[C@@H]2C(O[C@H]3C(O)C(NC(C)=O)[C@H](OC4C(CO)O[C@@H](O[C@H]5C(O)C(NC(C)=O)C(OC(CO)C(CO[C@@H]6OC(C)C(O)[C@H](O)[C@H]6O)OC(O)[C@H](C)NC(C)=O)O[C@H]5CO)[C@@H](NC(C)=O)[C@H]4O)O[C@H]3CO)OC(CO)[C@@H](O)C2O)c1. The fraction of sp³-hybridized carbons (Fsp3) is 0.794. The van der Waals surface area contributed by atoms with Crippen molar-refractivity contribution < 1.29 is 152 Å². The van der Waals surface area contributed by atoms with Gasteiger partial charge in [-0.2, -0.15) is 0 Å². The maximum Gasteiger partial charge on any atom is 0.251 e. The Balaban J connectivity index is 1.19. The highest BCUT2D eigenvalue weighted by molar-refractivity contribution is 5.94. The number of rotatable bonds is 34. The highest BCUT2D eigenvalue weighted by atomic mass is 16.8.